The smallest absolute Gasteiger partial charge is 0.341 e. The van der Waals surface area contributed by atoms with E-state index in [1.807, 2.05) is 6.26 Å². The third-order valence-corrected chi connectivity index (χ3v) is 4.92. The zero-order chi connectivity index (χ0) is 16.2. The molecule has 2 N–H and O–H groups in total. The van der Waals surface area contributed by atoms with Crippen LogP contribution in [-0.2, 0) is 10.0 Å². The largest absolute Gasteiger partial charge is 0.477 e. The molecule has 0 saturated heterocycles. The molecule has 1 aromatic carbocycles. The van der Waals surface area contributed by atoms with Crippen LogP contribution in [0.25, 0.3) is 0 Å². The molecule has 5 nitrogen and oxygen atoms in total. The van der Waals surface area contributed by atoms with Crippen LogP contribution in [0.3, 0.4) is 0 Å². The third kappa shape index (κ3) is 4.39. The van der Waals surface area contributed by atoms with Crippen molar-refractivity contribution >= 4 is 27.8 Å². The van der Waals surface area contributed by atoms with E-state index in [0.717, 1.165) is 0 Å². The van der Waals surface area contributed by atoms with Gasteiger partial charge in [0.15, 0.2) is 5.82 Å². The van der Waals surface area contributed by atoms with E-state index in [0.29, 0.717) is 24.3 Å². The van der Waals surface area contributed by atoms with Crippen LogP contribution in [0, 0.1) is 11.6 Å². The molecule has 1 rings (SSSR count). The molecule has 0 bridgehead atoms. The molecule has 0 radical (unpaired) electrons. The summed E-state index contributed by atoms with van der Waals surface area (Å²) in [6, 6.07) is 0.870. The second-order valence-corrected chi connectivity index (χ2v) is 7.01. The highest BCUT2D eigenvalue weighted by Gasteiger charge is 2.27. The van der Waals surface area contributed by atoms with E-state index < -0.39 is 44.1 Å². The molecule has 9 heteroatoms. The standard InChI is InChI=1S/C12H15F2NO4S2/c1-7(5-6-20-2)15-21(18,19)9-4-3-8(13)10(11(9)14)12(16)17/h3-4,7,15H,5-6H2,1-2H3,(H,16,17). The highest BCUT2D eigenvalue weighted by atomic mass is 32.2. The molecule has 0 aromatic heterocycles. The average molecular weight is 339 g/mol. The van der Waals surface area contributed by atoms with Crippen LogP contribution in [0.4, 0.5) is 8.78 Å². The first-order valence-corrected chi connectivity index (χ1v) is 8.81. The molecule has 0 fully saturated rings. The van der Waals surface area contributed by atoms with Gasteiger partial charge < -0.3 is 5.11 Å². The number of nitrogens with one attached hydrogen (secondary N) is 1. The second kappa shape index (κ2) is 7.19. The Kier molecular flexibility index (Phi) is 6.11. The van der Waals surface area contributed by atoms with Gasteiger partial charge in [-0.15, -0.1) is 0 Å². The van der Waals surface area contributed by atoms with E-state index in [1.165, 1.54) is 11.8 Å². The Morgan fingerprint density at radius 3 is 2.57 bits per heavy atom. The predicted octanol–water partition coefficient (Wildman–Crippen LogP) is 2.08. The molecule has 1 atom stereocenters. The molecule has 0 saturated carbocycles. The second-order valence-electron chi connectivity index (χ2n) is 4.34. The fraction of sp³-hybridized carbons (Fsp3) is 0.417. The predicted molar refractivity (Wildman–Crippen MR) is 76.1 cm³/mol. The number of hydrogen-bond acceptors (Lipinski definition) is 4. The van der Waals surface area contributed by atoms with Crippen LogP contribution >= 0.6 is 11.8 Å². The minimum atomic E-state index is -4.26. The van der Waals surface area contributed by atoms with Crippen LogP contribution in [0.15, 0.2) is 17.0 Å². The molecule has 0 heterocycles. The van der Waals surface area contributed by atoms with E-state index in [4.69, 9.17) is 5.11 Å². The van der Waals surface area contributed by atoms with Gasteiger partial charge in [0.05, 0.1) is 0 Å². The minimum absolute atomic E-state index is 0.458. The number of sulfonamides is 1. The topological polar surface area (TPSA) is 83.5 Å². The Balaban J connectivity index is 3.15. The zero-order valence-corrected chi connectivity index (χ0v) is 13.0. The SMILES string of the molecule is CSCCC(C)NS(=O)(=O)c1ccc(F)c(C(=O)O)c1F. The van der Waals surface area contributed by atoms with Crippen LogP contribution < -0.4 is 4.72 Å². The molecule has 0 spiro atoms. The average Bonchev–Trinajstić information content (AvgIpc) is 2.34. The Morgan fingerprint density at radius 2 is 2.05 bits per heavy atom. The normalized spacial score (nSPS) is 13.1. The van der Waals surface area contributed by atoms with Crippen molar-refractivity contribution in [1.29, 1.82) is 0 Å². The zero-order valence-electron chi connectivity index (χ0n) is 11.4. The molecular formula is C12H15F2NO4S2. The fourth-order valence-electron chi connectivity index (χ4n) is 1.62. The van der Waals surface area contributed by atoms with Crippen molar-refractivity contribution in [3.8, 4) is 0 Å². The number of halogens is 2. The van der Waals surface area contributed by atoms with Gasteiger partial charge in [-0.25, -0.2) is 26.7 Å². The van der Waals surface area contributed by atoms with Gasteiger partial charge in [0.25, 0.3) is 0 Å². The van der Waals surface area contributed by atoms with Gasteiger partial charge in [0, 0.05) is 6.04 Å². The molecule has 0 aliphatic carbocycles. The first kappa shape index (κ1) is 17.9. The molecular weight excluding hydrogens is 324 g/mol. The summed E-state index contributed by atoms with van der Waals surface area (Å²) in [6.07, 6.45) is 2.38. The molecule has 1 unspecified atom stereocenters. The number of carbonyl (C=O) groups is 1. The summed E-state index contributed by atoms with van der Waals surface area (Å²) < 4.78 is 53.5. The Morgan fingerprint density at radius 1 is 1.43 bits per heavy atom. The van der Waals surface area contributed by atoms with Gasteiger partial charge in [0.2, 0.25) is 10.0 Å². The van der Waals surface area contributed by atoms with Gasteiger partial charge in [-0.1, -0.05) is 0 Å². The van der Waals surface area contributed by atoms with Crippen molar-refractivity contribution in [2.75, 3.05) is 12.0 Å². The maximum absolute atomic E-state index is 13.9. The fourth-order valence-corrected chi connectivity index (χ4v) is 3.57. The third-order valence-electron chi connectivity index (χ3n) is 2.67. The van der Waals surface area contributed by atoms with E-state index in [-0.39, 0.29) is 0 Å². The van der Waals surface area contributed by atoms with E-state index in [2.05, 4.69) is 4.72 Å². The van der Waals surface area contributed by atoms with Gasteiger partial charge in [-0.05, 0) is 37.5 Å². The number of aromatic carboxylic acids is 1. The van der Waals surface area contributed by atoms with Gasteiger partial charge in [0.1, 0.15) is 16.3 Å². The molecule has 1 aromatic rings. The maximum Gasteiger partial charge on any atom is 0.341 e. The highest BCUT2D eigenvalue weighted by molar-refractivity contribution is 7.98. The summed E-state index contributed by atoms with van der Waals surface area (Å²) in [7, 11) is -4.26. The van der Waals surface area contributed by atoms with Crippen molar-refractivity contribution in [2.24, 2.45) is 0 Å². The Bertz CT molecular complexity index is 634. The molecule has 0 aliphatic rings. The van der Waals surface area contributed by atoms with E-state index in [9.17, 15) is 22.0 Å². The number of carboxylic acids is 1. The van der Waals surface area contributed by atoms with Crippen molar-refractivity contribution in [3.05, 3.63) is 29.3 Å². The number of rotatable bonds is 7. The van der Waals surface area contributed by atoms with Crippen LogP contribution in [0.1, 0.15) is 23.7 Å². The number of carboxylic acid groups (broad SMARTS) is 1. The monoisotopic (exact) mass is 339 g/mol. The lowest BCUT2D eigenvalue weighted by molar-refractivity contribution is 0.0685. The lowest BCUT2D eigenvalue weighted by Crippen LogP contribution is -2.33. The lowest BCUT2D eigenvalue weighted by Gasteiger charge is -2.14. The lowest BCUT2D eigenvalue weighted by atomic mass is 10.2. The number of hydrogen-bond donors (Lipinski definition) is 2. The van der Waals surface area contributed by atoms with Crippen molar-refractivity contribution < 1.29 is 27.1 Å². The van der Waals surface area contributed by atoms with Gasteiger partial charge in [-0.2, -0.15) is 11.8 Å². The summed E-state index contributed by atoms with van der Waals surface area (Å²) in [5.41, 5.74) is -1.28. The van der Waals surface area contributed by atoms with Crippen molar-refractivity contribution in [3.63, 3.8) is 0 Å². The van der Waals surface area contributed by atoms with Crippen LogP contribution in [0.5, 0.6) is 0 Å². The summed E-state index contributed by atoms with van der Waals surface area (Å²) in [5, 5.41) is 8.74. The maximum atomic E-state index is 13.9. The molecule has 118 valence electrons. The summed E-state index contributed by atoms with van der Waals surface area (Å²) in [5.74, 6) is -4.09. The van der Waals surface area contributed by atoms with Gasteiger partial charge >= 0.3 is 5.97 Å². The van der Waals surface area contributed by atoms with Crippen molar-refractivity contribution in [2.45, 2.75) is 24.3 Å². The van der Waals surface area contributed by atoms with E-state index >= 15 is 0 Å². The van der Waals surface area contributed by atoms with Crippen LogP contribution in [-0.4, -0.2) is 37.5 Å². The minimum Gasteiger partial charge on any atom is -0.477 e. The molecule has 0 aliphatic heterocycles. The Labute approximate surface area is 125 Å². The summed E-state index contributed by atoms with van der Waals surface area (Å²) in [4.78, 5) is 9.91. The number of thioether (sulfide) groups is 1. The first-order chi connectivity index (χ1) is 9.70. The van der Waals surface area contributed by atoms with Crippen molar-refractivity contribution in [1.82, 2.24) is 4.72 Å². The molecule has 21 heavy (non-hydrogen) atoms. The molecule has 0 amide bonds. The summed E-state index contributed by atoms with van der Waals surface area (Å²) in [6.45, 7) is 1.60. The number of benzene rings is 1. The Hall–Kier alpha value is -1.19. The highest BCUT2D eigenvalue weighted by Crippen LogP contribution is 2.21. The summed E-state index contributed by atoms with van der Waals surface area (Å²) >= 11 is 1.53. The van der Waals surface area contributed by atoms with E-state index in [1.54, 1.807) is 6.92 Å². The van der Waals surface area contributed by atoms with Gasteiger partial charge in [-0.3, -0.25) is 0 Å². The van der Waals surface area contributed by atoms with Crippen LogP contribution in [0.2, 0.25) is 0 Å². The quantitative estimate of drug-likeness (QED) is 0.795. The first-order valence-electron chi connectivity index (χ1n) is 5.93.